The number of benzene rings is 2. The molecule has 0 atom stereocenters. The average molecular weight is 482 g/mol. The normalized spacial score (nSPS) is 14.1. The number of amides is 1. The van der Waals surface area contributed by atoms with Crippen LogP contribution in [0.15, 0.2) is 53.1 Å². The summed E-state index contributed by atoms with van der Waals surface area (Å²) in [6.45, 7) is 1.80. The van der Waals surface area contributed by atoms with Crippen molar-refractivity contribution in [2.24, 2.45) is 0 Å². The van der Waals surface area contributed by atoms with E-state index in [-0.39, 0.29) is 5.91 Å². The molecule has 0 spiro atoms. The summed E-state index contributed by atoms with van der Waals surface area (Å²) in [5, 5.41) is 11.4. The molecule has 1 aliphatic heterocycles. The lowest BCUT2D eigenvalue weighted by Crippen LogP contribution is -2.30. The van der Waals surface area contributed by atoms with Crippen molar-refractivity contribution in [3.63, 3.8) is 0 Å². The number of pyridine rings is 1. The van der Waals surface area contributed by atoms with Crippen LogP contribution in [0.5, 0.6) is 5.75 Å². The van der Waals surface area contributed by atoms with Gasteiger partial charge in [0.2, 0.25) is 5.91 Å². The summed E-state index contributed by atoms with van der Waals surface area (Å²) in [7, 11) is 1.65. The minimum atomic E-state index is 0.161. The molecule has 2 aromatic heterocycles. The second-order valence-electron chi connectivity index (χ2n) is 7.75. The number of hydrogen-bond donors (Lipinski definition) is 1. The topological polar surface area (TPSA) is 71.5 Å². The second-order valence-corrected chi connectivity index (χ2v) is 8.67. The number of methoxy groups -OCH3 is 1. The third-order valence-electron chi connectivity index (χ3n) is 5.78. The molecule has 0 unspecified atom stereocenters. The number of likely N-dealkylation sites (tertiary alicyclic amines) is 1. The van der Waals surface area contributed by atoms with Gasteiger partial charge in [-0.2, -0.15) is 0 Å². The van der Waals surface area contributed by atoms with Crippen molar-refractivity contribution in [2.75, 3.05) is 13.7 Å². The van der Waals surface area contributed by atoms with Crippen LogP contribution in [0.1, 0.15) is 24.2 Å². The van der Waals surface area contributed by atoms with Gasteiger partial charge in [-0.3, -0.25) is 10.0 Å². The lowest BCUT2D eigenvalue weighted by Gasteiger charge is -2.17. The molecule has 158 valence electrons. The maximum Gasteiger partial charge on any atom is 0.267 e. The Hall–Kier alpha value is -3.13. The van der Waals surface area contributed by atoms with Crippen LogP contribution < -0.4 is 9.47 Å². The molecule has 2 aromatic carbocycles. The van der Waals surface area contributed by atoms with Crippen molar-refractivity contribution in [1.82, 2.24) is 14.5 Å². The van der Waals surface area contributed by atoms with Crippen LogP contribution in [0.25, 0.3) is 21.9 Å². The molecule has 4 aromatic rings. The zero-order valence-electron chi connectivity index (χ0n) is 17.1. The fraction of sp³-hybridized carbons (Fsp3) is 0.261. The SMILES string of the molecule is COc1ccc(Cn2c(CN3CCCC3=O)nc3c[n+](O)c4cc(Br)ccc4c32)cc1. The van der Waals surface area contributed by atoms with Crippen molar-refractivity contribution in [2.45, 2.75) is 25.9 Å². The van der Waals surface area contributed by atoms with Crippen LogP contribution in [0.4, 0.5) is 0 Å². The van der Waals surface area contributed by atoms with Gasteiger partial charge >= 0.3 is 0 Å². The van der Waals surface area contributed by atoms with Crippen LogP contribution >= 0.6 is 15.9 Å². The molecule has 0 saturated carbocycles. The number of carbonyl (C=O) groups is 1. The van der Waals surface area contributed by atoms with E-state index in [9.17, 15) is 10.0 Å². The van der Waals surface area contributed by atoms with E-state index in [4.69, 9.17) is 9.72 Å². The van der Waals surface area contributed by atoms with Crippen molar-refractivity contribution < 1.29 is 19.5 Å². The van der Waals surface area contributed by atoms with E-state index in [1.54, 1.807) is 13.3 Å². The van der Waals surface area contributed by atoms with Gasteiger partial charge in [-0.05, 0) is 36.2 Å². The van der Waals surface area contributed by atoms with E-state index in [0.29, 0.717) is 30.5 Å². The molecule has 1 N–H and O–H groups in total. The third-order valence-corrected chi connectivity index (χ3v) is 6.28. The molecule has 7 nitrogen and oxygen atoms in total. The van der Waals surface area contributed by atoms with Gasteiger partial charge in [-0.1, -0.05) is 28.1 Å². The fourth-order valence-electron chi connectivity index (χ4n) is 4.22. The Morgan fingerprint density at radius 3 is 2.71 bits per heavy atom. The molecular formula is C23H22BrN4O3+. The van der Waals surface area contributed by atoms with Gasteiger partial charge in [0.1, 0.15) is 11.6 Å². The number of fused-ring (bicyclic) bond motifs is 3. The van der Waals surface area contributed by atoms with Gasteiger partial charge in [0.25, 0.3) is 11.7 Å². The molecule has 3 heterocycles. The molecule has 8 heteroatoms. The first-order valence-electron chi connectivity index (χ1n) is 10.2. The lowest BCUT2D eigenvalue weighted by molar-refractivity contribution is -0.883. The number of nitrogens with zero attached hydrogens (tertiary/aromatic N) is 4. The number of carbonyl (C=O) groups excluding carboxylic acids is 1. The predicted molar refractivity (Wildman–Crippen MR) is 119 cm³/mol. The van der Waals surface area contributed by atoms with Crippen molar-refractivity contribution in [3.05, 3.63) is 64.5 Å². The Balaban J connectivity index is 1.69. The molecule has 1 amide bonds. The molecule has 31 heavy (non-hydrogen) atoms. The number of halogens is 1. The Morgan fingerprint density at radius 1 is 1.19 bits per heavy atom. The van der Waals surface area contributed by atoms with E-state index in [2.05, 4.69) is 20.5 Å². The minimum absolute atomic E-state index is 0.161. The van der Waals surface area contributed by atoms with E-state index in [0.717, 1.165) is 50.2 Å². The molecule has 1 fully saturated rings. The van der Waals surface area contributed by atoms with E-state index in [1.165, 1.54) is 0 Å². The molecule has 0 aliphatic carbocycles. The fourth-order valence-corrected chi connectivity index (χ4v) is 4.57. The Bertz CT molecular complexity index is 1300. The van der Waals surface area contributed by atoms with Gasteiger partial charge in [0.05, 0.1) is 24.6 Å². The highest BCUT2D eigenvalue weighted by atomic mass is 79.9. The highest BCUT2D eigenvalue weighted by molar-refractivity contribution is 9.10. The lowest BCUT2D eigenvalue weighted by atomic mass is 10.1. The van der Waals surface area contributed by atoms with E-state index < -0.39 is 0 Å². The summed E-state index contributed by atoms with van der Waals surface area (Å²) in [6, 6.07) is 13.8. The zero-order valence-corrected chi connectivity index (χ0v) is 18.7. The van der Waals surface area contributed by atoms with Crippen molar-refractivity contribution in [1.29, 1.82) is 0 Å². The highest BCUT2D eigenvalue weighted by Gasteiger charge is 2.26. The smallest absolute Gasteiger partial charge is 0.267 e. The first-order chi connectivity index (χ1) is 15.0. The Labute approximate surface area is 187 Å². The third kappa shape index (κ3) is 3.61. The van der Waals surface area contributed by atoms with E-state index in [1.807, 2.05) is 47.4 Å². The standard InChI is InChI=1S/C23H22BrN4O3/c1-31-17-7-4-15(5-8-17)12-27-21(14-26-10-2-3-22(26)29)25-19-13-28(30)20-11-16(24)6-9-18(20)23(19)27/h4-9,11,13,30H,2-3,10,12,14H2,1H3/q+1. The summed E-state index contributed by atoms with van der Waals surface area (Å²) in [6.07, 6.45) is 3.10. The minimum Gasteiger partial charge on any atom is -0.497 e. The summed E-state index contributed by atoms with van der Waals surface area (Å²) in [5.41, 5.74) is 3.40. The predicted octanol–water partition coefficient (Wildman–Crippen LogP) is 3.66. The van der Waals surface area contributed by atoms with Gasteiger partial charge in [0, 0.05) is 34.8 Å². The van der Waals surface area contributed by atoms with Gasteiger partial charge in [-0.15, -0.1) is 0 Å². The number of rotatable bonds is 5. The van der Waals surface area contributed by atoms with Crippen LogP contribution in [-0.4, -0.2) is 39.2 Å². The summed E-state index contributed by atoms with van der Waals surface area (Å²) < 4.78 is 9.42. The average Bonchev–Trinajstić information content (AvgIpc) is 3.32. The number of ether oxygens (including phenoxy) is 1. The number of hydrogen-bond acceptors (Lipinski definition) is 4. The first-order valence-corrected chi connectivity index (χ1v) is 11.0. The highest BCUT2D eigenvalue weighted by Crippen LogP contribution is 2.28. The number of aromatic nitrogens is 3. The number of imidazole rings is 1. The van der Waals surface area contributed by atoms with Gasteiger partial charge < -0.3 is 14.2 Å². The molecule has 0 radical (unpaired) electrons. The Kier molecular flexibility index (Phi) is 5.02. The van der Waals surface area contributed by atoms with Crippen LogP contribution in [0, 0.1) is 0 Å². The first kappa shape index (κ1) is 19.8. The monoisotopic (exact) mass is 481 g/mol. The van der Waals surface area contributed by atoms with Crippen LogP contribution in [-0.2, 0) is 17.9 Å². The maximum absolute atomic E-state index is 12.3. The second kappa shape index (κ2) is 7.85. The van der Waals surface area contributed by atoms with Crippen molar-refractivity contribution >= 4 is 43.8 Å². The van der Waals surface area contributed by atoms with E-state index >= 15 is 0 Å². The molecular weight excluding hydrogens is 460 g/mol. The quantitative estimate of drug-likeness (QED) is 0.348. The zero-order chi connectivity index (χ0) is 21.5. The largest absolute Gasteiger partial charge is 0.497 e. The van der Waals surface area contributed by atoms with Crippen molar-refractivity contribution in [3.8, 4) is 5.75 Å². The summed E-state index contributed by atoms with van der Waals surface area (Å²) in [4.78, 5) is 18.9. The maximum atomic E-state index is 12.3. The van der Waals surface area contributed by atoms with Crippen LogP contribution in [0.2, 0.25) is 0 Å². The van der Waals surface area contributed by atoms with Gasteiger partial charge in [0.15, 0.2) is 5.52 Å². The molecule has 1 saturated heterocycles. The molecule has 1 aliphatic rings. The Morgan fingerprint density at radius 2 is 2.00 bits per heavy atom. The summed E-state index contributed by atoms with van der Waals surface area (Å²) >= 11 is 3.48. The van der Waals surface area contributed by atoms with Gasteiger partial charge in [-0.25, -0.2) is 4.98 Å². The molecule has 0 bridgehead atoms. The molecule has 5 rings (SSSR count). The van der Waals surface area contributed by atoms with Crippen LogP contribution in [0.3, 0.4) is 0 Å². The summed E-state index contributed by atoms with van der Waals surface area (Å²) in [5.74, 6) is 1.77.